The minimum absolute atomic E-state index is 0.332. The van der Waals surface area contributed by atoms with Gasteiger partial charge in [-0.3, -0.25) is 0 Å². The monoisotopic (exact) mass is 486 g/mol. The molecular weight excluding hydrogens is 468 g/mol. The van der Waals surface area contributed by atoms with Crippen LogP contribution in [-0.4, -0.2) is 27.1 Å². The van der Waals surface area contributed by atoms with Crippen LogP contribution in [0.2, 0.25) is 0 Å². The Labute approximate surface area is 193 Å². The second kappa shape index (κ2) is 8.43. The number of hydrogen-bond acceptors (Lipinski definition) is 5. The Hall–Kier alpha value is -3.71. The van der Waals surface area contributed by atoms with E-state index in [0.717, 1.165) is 37.7 Å². The van der Waals surface area contributed by atoms with E-state index in [1.54, 1.807) is 19.2 Å². The van der Waals surface area contributed by atoms with Gasteiger partial charge >= 0.3 is 5.97 Å². The molecule has 3 aromatic carbocycles. The average Bonchev–Trinajstić information content (AvgIpc) is 3.25. The van der Waals surface area contributed by atoms with Gasteiger partial charge in [0.2, 0.25) is 5.95 Å². The topological polar surface area (TPSA) is 69.0 Å². The summed E-state index contributed by atoms with van der Waals surface area (Å²) in [4.78, 5) is 21.5. The third-order valence-electron chi connectivity index (χ3n) is 5.23. The number of fused-ring (bicyclic) bond motifs is 2. The fourth-order valence-corrected chi connectivity index (χ4v) is 4.28. The minimum Gasteiger partial charge on any atom is -0.462 e. The molecule has 5 rings (SSSR count). The van der Waals surface area contributed by atoms with Gasteiger partial charge in [0, 0.05) is 33.3 Å². The number of carbonyl (C=O) groups excluding carboxylic acids is 1. The number of halogens is 1. The third kappa shape index (κ3) is 3.61. The van der Waals surface area contributed by atoms with Crippen molar-refractivity contribution in [2.45, 2.75) is 6.92 Å². The SMILES string of the molecule is CCOC(=O)c1ccc(Nc2nccc(-n3ccc4c(Br)cccc43)n2)c2ccccc12. The van der Waals surface area contributed by atoms with Crippen molar-refractivity contribution in [2.75, 3.05) is 11.9 Å². The molecule has 7 heteroatoms. The lowest BCUT2D eigenvalue weighted by Crippen LogP contribution is -2.06. The molecule has 2 heterocycles. The van der Waals surface area contributed by atoms with Crippen molar-refractivity contribution in [1.29, 1.82) is 0 Å². The lowest BCUT2D eigenvalue weighted by molar-refractivity contribution is 0.0528. The molecule has 0 spiro atoms. The Morgan fingerprint density at radius 1 is 1.00 bits per heavy atom. The zero-order valence-electron chi connectivity index (χ0n) is 17.2. The zero-order chi connectivity index (χ0) is 22.1. The quantitative estimate of drug-likeness (QED) is 0.297. The number of ether oxygens (including phenoxy) is 1. The highest BCUT2D eigenvalue weighted by Crippen LogP contribution is 2.30. The summed E-state index contributed by atoms with van der Waals surface area (Å²) in [5.41, 5.74) is 2.39. The number of aromatic nitrogens is 3. The molecule has 0 aliphatic rings. The second-order valence-corrected chi connectivity index (χ2v) is 8.00. The van der Waals surface area contributed by atoms with E-state index < -0.39 is 0 Å². The normalized spacial score (nSPS) is 11.1. The number of nitrogens with zero attached hydrogens (tertiary/aromatic N) is 3. The maximum absolute atomic E-state index is 12.4. The molecule has 1 N–H and O–H groups in total. The van der Waals surface area contributed by atoms with Crippen LogP contribution in [-0.2, 0) is 4.74 Å². The maximum atomic E-state index is 12.4. The van der Waals surface area contributed by atoms with Crippen molar-refractivity contribution >= 4 is 55.2 Å². The van der Waals surface area contributed by atoms with Gasteiger partial charge in [-0.2, -0.15) is 4.98 Å². The highest BCUT2D eigenvalue weighted by atomic mass is 79.9. The van der Waals surface area contributed by atoms with Gasteiger partial charge in [-0.25, -0.2) is 9.78 Å². The largest absolute Gasteiger partial charge is 0.462 e. The predicted molar refractivity (Wildman–Crippen MR) is 130 cm³/mol. The molecule has 2 aromatic heterocycles. The highest BCUT2D eigenvalue weighted by Gasteiger charge is 2.14. The molecule has 0 saturated carbocycles. The minimum atomic E-state index is -0.334. The number of benzene rings is 3. The first-order valence-electron chi connectivity index (χ1n) is 10.2. The van der Waals surface area contributed by atoms with Crippen molar-refractivity contribution in [2.24, 2.45) is 0 Å². The number of anilines is 2. The molecule has 0 amide bonds. The second-order valence-electron chi connectivity index (χ2n) is 7.15. The molecule has 0 bridgehead atoms. The Bertz CT molecular complexity index is 1460. The smallest absolute Gasteiger partial charge is 0.338 e. The Morgan fingerprint density at radius 2 is 1.84 bits per heavy atom. The lowest BCUT2D eigenvalue weighted by atomic mass is 10.0. The molecule has 0 atom stereocenters. The van der Waals surface area contributed by atoms with Crippen molar-refractivity contribution in [3.05, 3.63) is 89.2 Å². The maximum Gasteiger partial charge on any atom is 0.338 e. The van der Waals surface area contributed by atoms with E-state index in [0.29, 0.717) is 18.1 Å². The van der Waals surface area contributed by atoms with Crippen LogP contribution in [0.4, 0.5) is 11.6 Å². The molecule has 0 aliphatic carbocycles. The molecule has 0 fully saturated rings. The Morgan fingerprint density at radius 3 is 2.69 bits per heavy atom. The van der Waals surface area contributed by atoms with E-state index in [-0.39, 0.29) is 5.97 Å². The van der Waals surface area contributed by atoms with Crippen LogP contribution in [0, 0.1) is 0 Å². The number of carbonyl (C=O) groups is 1. The van der Waals surface area contributed by atoms with E-state index in [9.17, 15) is 4.79 Å². The van der Waals surface area contributed by atoms with Crippen LogP contribution in [0.25, 0.3) is 27.5 Å². The van der Waals surface area contributed by atoms with E-state index >= 15 is 0 Å². The number of hydrogen-bond donors (Lipinski definition) is 1. The van der Waals surface area contributed by atoms with Gasteiger partial charge in [-0.05, 0) is 48.7 Å². The molecule has 32 heavy (non-hydrogen) atoms. The Kier molecular flexibility index (Phi) is 5.33. The molecule has 0 aliphatic heterocycles. The van der Waals surface area contributed by atoms with Crippen LogP contribution < -0.4 is 5.32 Å². The highest BCUT2D eigenvalue weighted by molar-refractivity contribution is 9.10. The van der Waals surface area contributed by atoms with Gasteiger partial charge < -0.3 is 14.6 Å². The van der Waals surface area contributed by atoms with Crippen molar-refractivity contribution in [1.82, 2.24) is 14.5 Å². The molecule has 0 radical (unpaired) electrons. The van der Waals surface area contributed by atoms with Crippen molar-refractivity contribution in [3.63, 3.8) is 0 Å². The van der Waals surface area contributed by atoms with Gasteiger partial charge in [0.25, 0.3) is 0 Å². The third-order valence-corrected chi connectivity index (χ3v) is 5.92. The van der Waals surface area contributed by atoms with Crippen LogP contribution >= 0.6 is 15.9 Å². The molecule has 0 unspecified atom stereocenters. The first kappa shape index (κ1) is 20.2. The number of esters is 1. The fraction of sp³-hybridized carbons (Fsp3) is 0.0800. The lowest BCUT2D eigenvalue weighted by Gasteiger charge is -2.12. The fourth-order valence-electron chi connectivity index (χ4n) is 3.79. The van der Waals surface area contributed by atoms with Gasteiger partial charge in [0.15, 0.2) is 0 Å². The number of rotatable bonds is 5. The van der Waals surface area contributed by atoms with Gasteiger partial charge in [0.05, 0.1) is 17.7 Å². The summed E-state index contributed by atoms with van der Waals surface area (Å²) in [5, 5.41) is 6.13. The van der Waals surface area contributed by atoms with Crippen molar-refractivity contribution in [3.8, 4) is 5.82 Å². The van der Waals surface area contributed by atoms with Gasteiger partial charge in [0.1, 0.15) is 5.82 Å². The summed E-state index contributed by atoms with van der Waals surface area (Å²) in [5.74, 6) is 0.885. The number of nitrogens with one attached hydrogen (secondary N) is 1. The molecular formula is C25H19BrN4O2. The zero-order valence-corrected chi connectivity index (χ0v) is 18.8. The van der Waals surface area contributed by atoms with Crippen LogP contribution in [0.15, 0.2) is 83.6 Å². The summed E-state index contributed by atoms with van der Waals surface area (Å²) < 4.78 is 8.26. The summed E-state index contributed by atoms with van der Waals surface area (Å²) in [6.07, 6.45) is 3.72. The van der Waals surface area contributed by atoms with Crippen LogP contribution in [0.5, 0.6) is 0 Å². The first-order valence-corrected chi connectivity index (χ1v) is 11.0. The first-order chi connectivity index (χ1) is 15.7. The van der Waals surface area contributed by atoms with Gasteiger partial charge in [-0.15, -0.1) is 0 Å². The van der Waals surface area contributed by atoms with Crippen LogP contribution in [0.1, 0.15) is 17.3 Å². The Balaban J connectivity index is 1.53. The summed E-state index contributed by atoms with van der Waals surface area (Å²) in [7, 11) is 0. The van der Waals surface area contributed by atoms with Gasteiger partial charge in [-0.1, -0.05) is 46.3 Å². The summed E-state index contributed by atoms with van der Waals surface area (Å²) in [6.45, 7) is 2.13. The van der Waals surface area contributed by atoms with Crippen molar-refractivity contribution < 1.29 is 9.53 Å². The average molecular weight is 487 g/mol. The van der Waals surface area contributed by atoms with E-state index in [4.69, 9.17) is 9.72 Å². The van der Waals surface area contributed by atoms with Crippen LogP contribution in [0.3, 0.4) is 0 Å². The summed E-state index contributed by atoms with van der Waals surface area (Å²) >= 11 is 3.60. The standard InChI is InChI=1S/C25H19BrN4O2/c1-2-32-24(31)18-10-11-21(17-7-4-3-6-16(17)18)28-25-27-14-12-23(29-25)30-15-13-19-20(26)8-5-9-22(19)30/h3-15H,2H2,1H3,(H,27,28,29). The molecule has 158 valence electrons. The van der Waals surface area contributed by atoms with E-state index in [1.807, 2.05) is 59.3 Å². The molecule has 0 saturated heterocycles. The van der Waals surface area contributed by atoms with E-state index in [1.165, 1.54) is 0 Å². The predicted octanol–water partition coefficient (Wildman–Crippen LogP) is 6.26. The summed E-state index contributed by atoms with van der Waals surface area (Å²) in [6, 6.07) is 21.3. The molecule has 5 aromatic rings. The molecule has 6 nitrogen and oxygen atoms in total. The van der Waals surface area contributed by atoms with E-state index in [2.05, 4.69) is 38.4 Å².